The van der Waals surface area contributed by atoms with E-state index in [9.17, 15) is 18.0 Å². The number of benzene rings is 1. The van der Waals surface area contributed by atoms with Gasteiger partial charge in [-0.25, -0.2) is 9.97 Å². The molecule has 1 saturated heterocycles. The number of piperidine rings is 1. The minimum atomic E-state index is -4.58. The van der Waals surface area contributed by atoms with Gasteiger partial charge in [-0.15, -0.1) is 0 Å². The third kappa shape index (κ3) is 5.00. The maximum absolute atomic E-state index is 13.3. The van der Waals surface area contributed by atoms with E-state index in [-0.39, 0.29) is 16.8 Å². The van der Waals surface area contributed by atoms with Crippen molar-refractivity contribution >= 4 is 17.7 Å². The van der Waals surface area contributed by atoms with Gasteiger partial charge < -0.3 is 4.90 Å². The second-order valence-electron chi connectivity index (χ2n) is 6.43. The third-order valence-corrected chi connectivity index (χ3v) is 5.31. The second kappa shape index (κ2) is 8.29. The summed E-state index contributed by atoms with van der Waals surface area (Å²) in [5, 5.41) is -0.586. The van der Waals surface area contributed by atoms with Crippen LogP contribution < -0.4 is 0 Å². The Bertz CT molecular complexity index is 793. The van der Waals surface area contributed by atoms with Crippen LogP contribution in [0, 0.1) is 0 Å². The molecule has 0 saturated carbocycles. The lowest BCUT2D eigenvalue weighted by atomic mass is 10.1. The molecule has 1 aliphatic rings. The molecule has 0 aliphatic carbocycles. The van der Waals surface area contributed by atoms with E-state index in [0.29, 0.717) is 18.7 Å². The van der Waals surface area contributed by atoms with Gasteiger partial charge in [0.15, 0.2) is 5.16 Å². The average Bonchev–Trinajstić information content (AvgIpc) is 2.68. The number of halogens is 3. The normalized spacial score (nSPS) is 16.2. The Morgan fingerprint density at radius 1 is 1.11 bits per heavy atom. The summed E-state index contributed by atoms with van der Waals surface area (Å²) in [6.45, 7) is 3.08. The van der Waals surface area contributed by atoms with Crippen LogP contribution in [0.2, 0.25) is 0 Å². The SMILES string of the molecule is C[C@@H](Sc1nc(-c2ccccc2)cc(C(F)(F)F)n1)C(=O)N1CCCCC1. The van der Waals surface area contributed by atoms with Crippen LogP contribution in [0.1, 0.15) is 31.9 Å². The number of hydrogen-bond donors (Lipinski definition) is 0. The molecule has 1 amide bonds. The van der Waals surface area contributed by atoms with Crippen molar-refractivity contribution in [1.29, 1.82) is 0 Å². The average molecular weight is 395 g/mol. The van der Waals surface area contributed by atoms with E-state index in [4.69, 9.17) is 0 Å². The van der Waals surface area contributed by atoms with E-state index < -0.39 is 17.1 Å². The molecular formula is C19H20F3N3OS. The van der Waals surface area contributed by atoms with Crippen LogP contribution in [-0.4, -0.2) is 39.1 Å². The van der Waals surface area contributed by atoms with Crippen LogP contribution in [0.4, 0.5) is 13.2 Å². The van der Waals surface area contributed by atoms with Gasteiger partial charge in [0.05, 0.1) is 10.9 Å². The first-order valence-corrected chi connectivity index (χ1v) is 9.70. The molecule has 1 fully saturated rings. The van der Waals surface area contributed by atoms with E-state index in [2.05, 4.69) is 9.97 Å². The molecule has 0 unspecified atom stereocenters. The van der Waals surface area contributed by atoms with Gasteiger partial charge in [0, 0.05) is 18.7 Å². The van der Waals surface area contributed by atoms with E-state index in [0.717, 1.165) is 37.1 Å². The van der Waals surface area contributed by atoms with Crippen molar-refractivity contribution in [2.45, 2.75) is 42.8 Å². The quantitative estimate of drug-likeness (QED) is 0.558. The molecule has 0 radical (unpaired) electrons. The van der Waals surface area contributed by atoms with Gasteiger partial charge in [-0.3, -0.25) is 4.79 Å². The van der Waals surface area contributed by atoms with Crippen molar-refractivity contribution in [2.24, 2.45) is 0 Å². The molecule has 1 aromatic heterocycles. The Kier molecular flexibility index (Phi) is 6.04. The van der Waals surface area contributed by atoms with Crippen molar-refractivity contribution in [1.82, 2.24) is 14.9 Å². The third-order valence-electron chi connectivity index (χ3n) is 4.36. The summed E-state index contributed by atoms with van der Waals surface area (Å²) in [7, 11) is 0. The van der Waals surface area contributed by atoms with Gasteiger partial charge in [-0.2, -0.15) is 13.2 Å². The Hall–Kier alpha value is -2.09. The van der Waals surface area contributed by atoms with Gasteiger partial charge in [0.25, 0.3) is 0 Å². The lowest BCUT2D eigenvalue weighted by Crippen LogP contribution is -2.40. The van der Waals surface area contributed by atoms with Gasteiger partial charge in [-0.05, 0) is 32.3 Å². The van der Waals surface area contributed by atoms with Crippen molar-refractivity contribution in [3.8, 4) is 11.3 Å². The molecule has 2 aromatic rings. The first-order valence-electron chi connectivity index (χ1n) is 8.82. The van der Waals surface area contributed by atoms with E-state index in [1.54, 1.807) is 42.2 Å². The van der Waals surface area contributed by atoms with E-state index >= 15 is 0 Å². The predicted octanol–water partition coefficient (Wildman–Crippen LogP) is 4.66. The van der Waals surface area contributed by atoms with E-state index in [1.807, 2.05) is 0 Å². The highest BCUT2D eigenvalue weighted by atomic mass is 32.2. The van der Waals surface area contributed by atoms with Gasteiger partial charge >= 0.3 is 6.18 Å². The fourth-order valence-electron chi connectivity index (χ4n) is 2.96. The number of amides is 1. The van der Waals surface area contributed by atoms with Crippen LogP contribution in [0.5, 0.6) is 0 Å². The predicted molar refractivity (Wildman–Crippen MR) is 98.2 cm³/mol. The summed E-state index contributed by atoms with van der Waals surface area (Å²) in [4.78, 5) is 22.3. The topological polar surface area (TPSA) is 46.1 Å². The largest absolute Gasteiger partial charge is 0.433 e. The van der Waals surface area contributed by atoms with Crippen LogP contribution in [0.3, 0.4) is 0 Å². The maximum atomic E-state index is 13.3. The number of nitrogens with zero attached hydrogens (tertiary/aromatic N) is 3. The van der Waals surface area contributed by atoms with Crippen LogP contribution in [-0.2, 0) is 11.0 Å². The molecule has 1 atom stereocenters. The Labute approximate surface area is 160 Å². The molecule has 2 heterocycles. The lowest BCUT2D eigenvalue weighted by molar-refractivity contribution is -0.141. The number of carbonyl (C=O) groups excluding carboxylic acids is 1. The summed E-state index contributed by atoms with van der Waals surface area (Å²) in [5.41, 5.74) is -0.239. The number of alkyl halides is 3. The summed E-state index contributed by atoms with van der Waals surface area (Å²) in [6, 6.07) is 9.58. The zero-order chi connectivity index (χ0) is 19.4. The Morgan fingerprint density at radius 3 is 2.41 bits per heavy atom. The van der Waals surface area contributed by atoms with Gasteiger partial charge in [0.1, 0.15) is 5.69 Å². The Balaban J connectivity index is 1.86. The second-order valence-corrected chi connectivity index (χ2v) is 7.74. The number of carbonyl (C=O) groups is 1. The number of aromatic nitrogens is 2. The number of thioether (sulfide) groups is 1. The number of likely N-dealkylation sites (tertiary alicyclic amines) is 1. The van der Waals surface area contributed by atoms with Crippen LogP contribution in [0.25, 0.3) is 11.3 Å². The van der Waals surface area contributed by atoms with Gasteiger partial charge in [0.2, 0.25) is 5.91 Å². The fraction of sp³-hybridized carbons (Fsp3) is 0.421. The molecule has 3 rings (SSSR count). The monoisotopic (exact) mass is 395 g/mol. The summed E-state index contributed by atoms with van der Waals surface area (Å²) in [6.07, 6.45) is -1.56. The molecular weight excluding hydrogens is 375 g/mol. The first kappa shape index (κ1) is 19.7. The summed E-state index contributed by atoms with van der Waals surface area (Å²) < 4.78 is 39.8. The van der Waals surface area contributed by atoms with E-state index in [1.165, 1.54) is 0 Å². The molecule has 0 N–H and O–H groups in total. The highest BCUT2D eigenvalue weighted by molar-refractivity contribution is 8.00. The van der Waals surface area contributed by atoms with Crippen LogP contribution in [0.15, 0.2) is 41.6 Å². The van der Waals surface area contributed by atoms with Crippen LogP contribution >= 0.6 is 11.8 Å². The Morgan fingerprint density at radius 2 is 1.78 bits per heavy atom. The maximum Gasteiger partial charge on any atom is 0.433 e. The molecule has 1 aromatic carbocycles. The fourth-order valence-corrected chi connectivity index (χ4v) is 3.83. The number of rotatable bonds is 4. The first-order chi connectivity index (χ1) is 12.8. The van der Waals surface area contributed by atoms with Crippen molar-refractivity contribution in [2.75, 3.05) is 13.1 Å². The molecule has 8 heteroatoms. The van der Waals surface area contributed by atoms with Crippen molar-refractivity contribution in [3.05, 3.63) is 42.1 Å². The zero-order valence-electron chi connectivity index (χ0n) is 14.9. The molecule has 0 bridgehead atoms. The molecule has 0 spiro atoms. The van der Waals surface area contributed by atoms with Gasteiger partial charge in [-0.1, -0.05) is 42.1 Å². The minimum Gasteiger partial charge on any atom is -0.342 e. The molecule has 4 nitrogen and oxygen atoms in total. The lowest BCUT2D eigenvalue weighted by Gasteiger charge is -2.28. The standard InChI is InChI=1S/C19H20F3N3OS/c1-13(17(26)25-10-6-3-7-11-25)27-18-23-15(14-8-4-2-5-9-14)12-16(24-18)19(20,21)22/h2,4-5,8-9,12-13H,3,6-7,10-11H2,1H3/t13-/m1/s1. The minimum absolute atomic E-state index is 0.0402. The summed E-state index contributed by atoms with van der Waals surface area (Å²) >= 11 is 0.971. The highest BCUT2D eigenvalue weighted by Crippen LogP contribution is 2.33. The smallest absolute Gasteiger partial charge is 0.342 e. The van der Waals surface area contributed by atoms with Crippen molar-refractivity contribution in [3.63, 3.8) is 0 Å². The zero-order valence-corrected chi connectivity index (χ0v) is 15.7. The molecule has 1 aliphatic heterocycles. The molecule has 27 heavy (non-hydrogen) atoms. The number of hydrogen-bond acceptors (Lipinski definition) is 4. The van der Waals surface area contributed by atoms with Crippen molar-refractivity contribution < 1.29 is 18.0 Å². The summed E-state index contributed by atoms with van der Waals surface area (Å²) in [5.74, 6) is -0.0815. The molecule has 144 valence electrons. The highest BCUT2D eigenvalue weighted by Gasteiger charge is 2.34.